The molecule has 2 N–H and O–H groups in total. The van der Waals surface area contributed by atoms with E-state index in [2.05, 4.69) is 24.9 Å². The zero-order chi connectivity index (χ0) is 13.3. The molecule has 0 spiro atoms. The highest BCUT2D eigenvalue weighted by atomic mass is 15.1. The van der Waals surface area contributed by atoms with E-state index in [1.165, 1.54) is 0 Å². The summed E-state index contributed by atoms with van der Waals surface area (Å²) in [5.74, 6) is 2.02. The Morgan fingerprint density at radius 2 is 1.78 bits per heavy atom. The Morgan fingerprint density at radius 1 is 1.06 bits per heavy atom. The van der Waals surface area contributed by atoms with Crippen molar-refractivity contribution in [2.24, 2.45) is 0 Å². The maximum absolute atomic E-state index is 5.73. The van der Waals surface area contributed by atoms with Crippen LogP contribution < -0.4 is 5.73 Å². The topological polar surface area (TPSA) is 90.5 Å². The van der Waals surface area contributed by atoms with Gasteiger partial charge in [0.15, 0.2) is 5.82 Å². The van der Waals surface area contributed by atoms with E-state index in [-0.39, 0.29) is 11.4 Å². The average molecular weight is 244 g/mol. The number of nitrogens with zero attached hydrogens (tertiary/aromatic N) is 5. The second-order valence-electron chi connectivity index (χ2n) is 5.08. The molecule has 0 aliphatic carbocycles. The molecule has 94 valence electrons. The van der Waals surface area contributed by atoms with Gasteiger partial charge in [-0.1, -0.05) is 20.8 Å². The third-order valence-corrected chi connectivity index (χ3v) is 2.33. The summed E-state index contributed by atoms with van der Waals surface area (Å²) in [6.07, 6.45) is 1.68. The number of nitrogens with two attached hydrogens (primary N) is 1. The molecule has 2 heterocycles. The van der Waals surface area contributed by atoms with Gasteiger partial charge in [0.25, 0.3) is 0 Å². The minimum Gasteiger partial charge on any atom is -0.368 e. The number of aromatic nitrogens is 5. The van der Waals surface area contributed by atoms with Crippen LogP contribution in [0.3, 0.4) is 0 Å². The summed E-state index contributed by atoms with van der Waals surface area (Å²) in [4.78, 5) is 21.0. The molecule has 0 aromatic carbocycles. The molecule has 0 aliphatic heterocycles. The molecule has 0 unspecified atom stereocenters. The third kappa shape index (κ3) is 2.58. The van der Waals surface area contributed by atoms with Crippen molar-refractivity contribution in [1.29, 1.82) is 0 Å². The van der Waals surface area contributed by atoms with Gasteiger partial charge in [-0.25, -0.2) is 15.0 Å². The molecule has 0 amide bonds. The lowest BCUT2D eigenvalue weighted by atomic mass is 9.96. The van der Waals surface area contributed by atoms with Crippen molar-refractivity contribution in [2.45, 2.75) is 33.1 Å². The Hall–Kier alpha value is -2.11. The maximum Gasteiger partial charge on any atom is 0.223 e. The number of nitrogen functional groups attached to an aromatic ring is 1. The number of hydrogen-bond donors (Lipinski definition) is 1. The lowest BCUT2D eigenvalue weighted by Crippen LogP contribution is -2.18. The molecule has 2 aromatic rings. The monoisotopic (exact) mass is 244 g/mol. The molecule has 0 bridgehead atoms. The summed E-state index contributed by atoms with van der Waals surface area (Å²) in [6.45, 7) is 7.89. The van der Waals surface area contributed by atoms with Crippen LogP contribution in [0.15, 0.2) is 12.3 Å². The Bertz CT molecular complexity index is 573. The Labute approximate surface area is 106 Å². The SMILES string of the molecule is Cc1nccc(-c2nc(N)nc(C(C)(C)C)n2)n1. The second-order valence-corrected chi connectivity index (χ2v) is 5.08. The second kappa shape index (κ2) is 4.29. The highest BCUT2D eigenvalue weighted by Gasteiger charge is 2.20. The molecule has 0 atom stereocenters. The van der Waals surface area contributed by atoms with Crippen LogP contribution in [0, 0.1) is 6.92 Å². The van der Waals surface area contributed by atoms with E-state index in [0.717, 1.165) is 0 Å². The largest absolute Gasteiger partial charge is 0.368 e. The molecule has 0 aliphatic rings. The Kier molecular flexibility index (Phi) is 2.94. The van der Waals surface area contributed by atoms with Crippen molar-refractivity contribution in [3.8, 4) is 11.5 Å². The smallest absolute Gasteiger partial charge is 0.223 e. The molecule has 18 heavy (non-hydrogen) atoms. The Morgan fingerprint density at radius 3 is 2.39 bits per heavy atom. The molecule has 0 saturated carbocycles. The summed E-state index contributed by atoms with van der Waals surface area (Å²) < 4.78 is 0. The summed E-state index contributed by atoms with van der Waals surface area (Å²) >= 11 is 0. The standard InChI is InChI=1S/C12H16N6/c1-7-14-6-5-8(15-7)9-16-10(12(2,3)4)18-11(13)17-9/h5-6H,1-4H3,(H2,13,16,17,18). The lowest BCUT2D eigenvalue weighted by Gasteiger charge is -2.16. The maximum atomic E-state index is 5.73. The first-order valence-corrected chi connectivity index (χ1v) is 5.68. The van der Waals surface area contributed by atoms with Gasteiger partial charge in [-0.15, -0.1) is 0 Å². The van der Waals surface area contributed by atoms with Crippen LogP contribution in [0.1, 0.15) is 32.4 Å². The molecule has 0 fully saturated rings. The van der Waals surface area contributed by atoms with E-state index in [1.54, 1.807) is 12.3 Å². The number of anilines is 1. The first-order chi connectivity index (χ1) is 8.36. The molecular formula is C12H16N6. The molecule has 2 aromatic heterocycles. The molecule has 6 heteroatoms. The first-order valence-electron chi connectivity index (χ1n) is 5.68. The predicted octanol–water partition coefficient (Wildman–Crippen LogP) is 1.52. The zero-order valence-corrected chi connectivity index (χ0v) is 11.0. The average Bonchev–Trinajstić information content (AvgIpc) is 2.27. The summed E-state index contributed by atoms with van der Waals surface area (Å²) in [6, 6.07) is 1.76. The van der Waals surface area contributed by atoms with E-state index in [4.69, 9.17) is 5.73 Å². The fraction of sp³-hybridized carbons (Fsp3) is 0.417. The van der Waals surface area contributed by atoms with Crippen molar-refractivity contribution in [1.82, 2.24) is 24.9 Å². The van der Waals surface area contributed by atoms with Crippen molar-refractivity contribution in [2.75, 3.05) is 5.73 Å². The minimum absolute atomic E-state index is 0.187. The van der Waals surface area contributed by atoms with Crippen LogP contribution in [0.5, 0.6) is 0 Å². The third-order valence-electron chi connectivity index (χ3n) is 2.33. The predicted molar refractivity (Wildman–Crippen MR) is 68.7 cm³/mol. The summed E-state index contributed by atoms with van der Waals surface area (Å²) in [5, 5.41) is 0. The lowest BCUT2D eigenvalue weighted by molar-refractivity contribution is 0.544. The molecule has 6 nitrogen and oxygen atoms in total. The van der Waals surface area contributed by atoms with Gasteiger partial charge < -0.3 is 5.73 Å². The quantitative estimate of drug-likeness (QED) is 0.817. The normalized spacial score (nSPS) is 11.6. The van der Waals surface area contributed by atoms with Crippen LogP contribution in [0.25, 0.3) is 11.5 Å². The van der Waals surface area contributed by atoms with E-state index in [1.807, 2.05) is 27.7 Å². The van der Waals surface area contributed by atoms with E-state index in [9.17, 15) is 0 Å². The van der Waals surface area contributed by atoms with Gasteiger partial charge in [-0.05, 0) is 13.0 Å². The first kappa shape index (κ1) is 12.3. The van der Waals surface area contributed by atoms with Crippen molar-refractivity contribution >= 4 is 5.95 Å². The van der Waals surface area contributed by atoms with Crippen LogP contribution in [-0.4, -0.2) is 24.9 Å². The van der Waals surface area contributed by atoms with Crippen LogP contribution in [-0.2, 0) is 5.41 Å². The Balaban J connectivity index is 2.55. The molecule has 0 radical (unpaired) electrons. The van der Waals surface area contributed by atoms with Crippen molar-refractivity contribution in [3.05, 3.63) is 23.9 Å². The van der Waals surface area contributed by atoms with E-state index >= 15 is 0 Å². The highest BCUT2D eigenvalue weighted by molar-refractivity contribution is 5.49. The van der Waals surface area contributed by atoms with E-state index in [0.29, 0.717) is 23.2 Å². The van der Waals surface area contributed by atoms with Gasteiger partial charge >= 0.3 is 0 Å². The molecule has 2 rings (SSSR count). The molecular weight excluding hydrogens is 228 g/mol. The van der Waals surface area contributed by atoms with Crippen LogP contribution in [0.2, 0.25) is 0 Å². The van der Waals surface area contributed by atoms with Gasteiger partial charge in [0.1, 0.15) is 17.3 Å². The fourth-order valence-corrected chi connectivity index (χ4v) is 1.42. The van der Waals surface area contributed by atoms with Gasteiger partial charge in [0.05, 0.1) is 0 Å². The number of hydrogen-bond acceptors (Lipinski definition) is 6. The zero-order valence-electron chi connectivity index (χ0n) is 11.0. The summed E-state index contributed by atoms with van der Waals surface area (Å²) in [7, 11) is 0. The number of rotatable bonds is 1. The van der Waals surface area contributed by atoms with Gasteiger partial charge in [-0.3, -0.25) is 0 Å². The van der Waals surface area contributed by atoms with Gasteiger partial charge in [0, 0.05) is 11.6 Å². The highest BCUT2D eigenvalue weighted by Crippen LogP contribution is 2.21. The fourth-order valence-electron chi connectivity index (χ4n) is 1.42. The van der Waals surface area contributed by atoms with Crippen LogP contribution in [0.4, 0.5) is 5.95 Å². The van der Waals surface area contributed by atoms with Crippen LogP contribution >= 0.6 is 0 Å². The van der Waals surface area contributed by atoms with Gasteiger partial charge in [-0.2, -0.15) is 9.97 Å². The molecule has 0 saturated heterocycles. The summed E-state index contributed by atoms with van der Waals surface area (Å²) in [5.41, 5.74) is 6.19. The van der Waals surface area contributed by atoms with Crippen molar-refractivity contribution in [3.63, 3.8) is 0 Å². The van der Waals surface area contributed by atoms with E-state index < -0.39 is 0 Å². The number of aryl methyl sites for hydroxylation is 1. The van der Waals surface area contributed by atoms with Crippen molar-refractivity contribution < 1.29 is 0 Å². The van der Waals surface area contributed by atoms with Gasteiger partial charge in [0.2, 0.25) is 5.95 Å². The minimum atomic E-state index is -0.187.